The van der Waals surface area contributed by atoms with Crippen molar-refractivity contribution in [3.63, 3.8) is 0 Å². The molecule has 1 aliphatic rings. The predicted octanol–water partition coefficient (Wildman–Crippen LogP) is 3.02. The van der Waals surface area contributed by atoms with Crippen molar-refractivity contribution >= 4 is 21.9 Å². The summed E-state index contributed by atoms with van der Waals surface area (Å²) < 4.78 is 19.3. The SMILES string of the molecule is COC(=O)C1CCN(CCc2cc(Br)ccc2F)CC1. The molecule has 0 aromatic heterocycles. The zero-order valence-corrected chi connectivity index (χ0v) is 13.2. The van der Waals surface area contributed by atoms with E-state index in [9.17, 15) is 9.18 Å². The van der Waals surface area contributed by atoms with Crippen molar-refractivity contribution in [3.05, 3.63) is 34.1 Å². The molecule has 0 amide bonds. The number of methoxy groups -OCH3 is 1. The maximum atomic E-state index is 13.6. The van der Waals surface area contributed by atoms with Crippen molar-refractivity contribution in [3.8, 4) is 0 Å². The molecule has 20 heavy (non-hydrogen) atoms. The average Bonchev–Trinajstić information content (AvgIpc) is 2.48. The van der Waals surface area contributed by atoms with Crippen LogP contribution in [0.5, 0.6) is 0 Å². The summed E-state index contributed by atoms with van der Waals surface area (Å²) in [5.41, 5.74) is 0.731. The summed E-state index contributed by atoms with van der Waals surface area (Å²) in [6.07, 6.45) is 2.34. The third-order valence-corrected chi connectivity index (χ3v) is 4.32. The molecule has 0 radical (unpaired) electrons. The van der Waals surface area contributed by atoms with Gasteiger partial charge in [-0.3, -0.25) is 4.79 Å². The second-order valence-corrected chi connectivity index (χ2v) is 6.04. The molecule has 3 nitrogen and oxygen atoms in total. The zero-order valence-electron chi connectivity index (χ0n) is 11.6. The highest BCUT2D eigenvalue weighted by atomic mass is 79.9. The first kappa shape index (κ1) is 15.4. The summed E-state index contributed by atoms with van der Waals surface area (Å²) in [6, 6.07) is 5.03. The molecule has 1 fully saturated rings. The number of carbonyl (C=O) groups excluding carboxylic acids is 1. The fraction of sp³-hybridized carbons (Fsp3) is 0.533. The van der Waals surface area contributed by atoms with Gasteiger partial charge in [0.1, 0.15) is 5.82 Å². The lowest BCUT2D eigenvalue weighted by Crippen LogP contribution is -2.37. The quantitative estimate of drug-likeness (QED) is 0.787. The Hall–Kier alpha value is -0.940. The molecule has 2 rings (SSSR count). The van der Waals surface area contributed by atoms with Gasteiger partial charge in [0.25, 0.3) is 0 Å². The van der Waals surface area contributed by atoms with Crippen LogP contribution in [0.4, 0.5) is 4.39 Å². The maximum absolute atomic E-state index is 13.6. The molecular formula is C15H19BrFNO2. The number of hydrogen-bond donors (Lipinski definition) is 0. The van der Waals surface area contributed by atoms with Crippen LogP contribution >= 0.6 is 15.9 Å². The number of nitrogens with zero attached hydrogens (tertiary/aromatic N) is 1. The molecule has 0 N–H and O–H groups in total. The highest BCUT2D eigenvalue weighted by molar-refractivity contribution is 9.10. The van der Waals surface area contributed by atoms with E-state index >= 15 is 0 Å². The molecule has 1 aromatic rings. The molecule has 0 atom stereocenters. The standard InChI is InChI=1S/C15H19BrFNO2/c1-20-15(19)11-4-7-18(8-5-11)9-6-12-10-13(16)2-3-14(12)17/h2-3,10-11H,4-9H2,1H3. The molecule has 1 saturated heterocycles. The Labute approximate surface area is 127 Å². The number of esters is 1. The van der Waals surface area contributed by atoms with E-state index in [1.807, 2.05) is 6.07 Å². The van der Waals surface area contributed by atoms with E-state index in [4.69, 9.17) is 4.74 Å². The van der Waals surface area contributed by atoms with Gasteiger partial charge in [0.2, 0.25) is 0 Å². The summed E-state index contributed by atoms with van der Waals surface area (Å²) in [7, 11) is 1.44. The van der Waals surface area contributed by atoms with Crippen molar-refractivity contribution in [1.29, 1.82) is 0 Å². The molecule has 0 unspecified atom stereocenters. The first-order valence-corrected chi connectivity index (χ1v) is 7.63. The number of hydrogen-bond acceptors (Lipinski definition) is 3. The van der Waals surface area contributed by atoms with Crippen molar-refractivity contribution in [2.75, 3.05) is 26.7 Å². The Morgan fingerprint density at radius 1 is 1.45 bits per heavy atom. The minimum Gasteiger partial charge on any atom is -0.469 e. The number of rotatable bonds is 4. The summed E-state index contributed by atoms with van der Waals surface area (Å²) in [5.74, 6) is -0.237. The first-order valence-electron chi connectivity index (χ1n) is 6.84. The first-order chi connectivity index (χ1) is 9.60. The van der Waals surface area contributed by atoms with Gasteiger partial charge < -0.3 is 9.64 Å². The Kier molecular flexibility index (Phi) is 5.54. The molecule has 0 bridgehead atoms. The van der Waals surface area contributed by atoms with E-state index in [0.717, 1.165) is 42.5 Å². The Balaban J connectivity index is 1.81. The minimum absolute atomic E-state index is 0.0267. The van der Waals surface area contributed by atoms with Gasteiger partial charge in [0.05, 0.1) is 13.0 Å². The highest BCUT2D eigenvalue weighted by Crippen LogP contribution is 2.20. The minimum atomic E-state index is -0.155. The second kappa shape index (κ2) is 7.18. The Morgan fingerprint density at radius 2 is 2.15 bits per heavy atom. The lowest BCUT2D eigenvalue weighted by Gasteiger charge is -2.30. The van der Waals surface area contributed by atoms with Gasteiger partial charge in [-0.2, -0.15) is 0 Å². The maximum Gasteiger partial charge on any atom is 0.308 e. The van der Waals surface area contributed by atoms with Crippen molar-refractivity contribution < 1.29 is 13.9 Å². The highest BCUT2D eigenvalue weighted by Gasteiger charge is 2.25. The van der Waals surface area contributed by atoms with E-state index in [0.29, 0.717) is 6.42 Å². The van der Waals surface area contributed by atoms with E-state index < -0.39 is 0 Å². The van der Waals surface area contributed by atoms with Gasteiger partial charge in [-0.25, -0.2) is 4.39 Å². The number of benzene rings is 1. The van der Waals surface area contributed by atoms with Gasteiger partial charge in [-0.15, -0.1) is 0 Å². The monoisotopic (exact) mass is 343 g/mol. The van der Waals surface area contributed by atoms with Crippen LogP contribution in [0.2, 0.25) is 0 Å². The molecule has 1 heterocycles. The number of carbonyl (C=O) groups is 1. The van der Waals surface area contributed by atoms with E-state index in [2.05, 4.69) is 20.8 Å². The van der Waals surface area contributed by atoms with Crippen LogP contribution in [0.3, 0.4) is 0 Å². The molecule has 5 heteroatoms. The summed E-state index contributed by atoms with van der Waals surface area (Å²) in [4.78, 5) is 13.7. The molecule has 1 aliphatic heterocycles. The molecule has 110 valence electrons. The number of likely N-dealkylation sites (tertiary alicyclic amines) is 1. The molecule has 0 spiro atoms. The van der Waals surface area contributed by atoms with Gasteiger partial charge in [-0.1, -0.05) is 15.9 Å². The largest absolute Gasteiger partial charge is 0.469 e. The van der Waals surface area contributed by atoms with Crippen molar-refractivity contribution in [2.24, 2.45) is 5.92 Å². The fourth-order valence-corrected chi connectivity index (χ4v) is 2.98. The van der Waals surface area contributed by atoms with Crippen LogP contribution in [0.25, 0.3) is 0 Å². The summed E-state index contributed by atoms with van der Waals surface area (Å²) in [5, 5.41) is 0. The second-order valence-electron chi connectivity index (χ2n) is 5.12. The zero-order chi connectivity index (χ0) is 14.5. The van der Waals surface area contributed by atoms with Crippen LogP contribution in [0.1, 0.15) is 18.4 Å². The normalized spacial score (nSPS) is 17.1. The van der Waals surface area contributed by atoms with Crippen molar-refractivity contribution in [2.45, 2.75) is 19.3 Å². The number of piperidine rings is 1. The molecule has 0 aliphatic carbocycles. The van der Waals surface area contributed by atoms with Crippen LogP contribution in [-0.4, -0.2) is 37.6 Å². The lowest BCUT2D eigenvalue weighted by atomic mass is 9.96. The molecule has 0 saturated carbocycles. The summed E-state index contributed by atoms with van der Waals surface area (Å²) in [6.45, 7) is 2.56. The smallest absolute Gasteiger partial charge is 0.308 e. The predicted molar refractivity (Wildman–Crippen MR) is 79.0 cm³/mol. The number of halogens is 2. The average molecular weight is 344 g/mol. The molecular weight excluding hydrogens is 325 g/mol. The van der Waals surface area contributed by atoms with Crippen molar-refractivity contribution in [1.82, 2.24) is 4.90 Å². The van der Waals surface area contributed by atoms with Gasteiger partial charge >= 0.3 is 5.97 Å². The van der Waals surface area contributed by atoms with Crippen LogP contribution in [0.15, 0.2) is 22.7 Å². The van der Waals surface area contributed by atoms with Crippen LogP contribution < -0.4 is 0 Å². The summed E-state index contributed by atoms with van der Waals surface area (Å²) >= 11 is 3.36. The molecule has 1 aromatic carbocycles. The Morgan fingerprint density at radius 3 is 2.80 bits per heavy atom. The fourth-order valence-electron chi connectivity index (χ4n) is 2.57. The third-order valence-electron chi connectivity index (χ3n) is 3.83. The number of ether oxygens (including phenoxy) is 1. The van der Waals surface area contributed by atoms with Crippen LogP contribution in [0, 0.1) is 11.7 Å². The van der Waals surface area contributed by atoms with E-state index in [1.54, 1.807) is 6.07 Å². The lowest BCUT2D eigenvalue weighted by molar-refractivity contribution is -0.147. The Bertz CT molecular complexity index is 473. The van der Waals surface area contributed by atoms with Gasteiger partial charge in [0.15, 0.2) is 0 Å². The van der Waals surface area contributed by atoms with Crippen LogP contribution in [-0.2, 0) is 16.0 Å². The van der Waals surface area contributed by atoms with Gasteiger partial charge in [-0.05, 0) is 56.1 Å². The third kappa shape index (κ3) is 4.03. The van der Waals surface area contributed by atoms with E-state index in [1.165, 1.54) is 13.2 Å². The topological polar surface area (TPSA) is 29.5 Å². The van der Waals surface area contributed by atoms with Gasteiger partial charge in [0, 0.05) is 11.0 Å². The van der Waals surface area contributed by atoms with E-state index in [-0.39, 0.29) is 17.7 Å².